The molecule has 0 saturated carbocycles. The number of hydrogen-bond acceptors (Lipinski definition) is 1. The average molecular weight is 770 g/mol. The molecular weight excluding hydrogens is 712 g/mol. The number of aryl methyl sites for hydroxylation is 5. The van der Waals surface area contributed by atoms with Gasteiger partial charge in [0.25, 0.3) is 0 Å². The Morgan fingerprint density at radius 3 is 1.67 bits per heavy atom. The van der Waals surface area contributed by atoms with Gasteiger partial charge in [0.2, 0.25) is 0 Å². The van der Waals surface area contributed by atoms with E-state index in [9.17, 15) is 0 Å². The summed E-state index contributed by atoms with van der Waals surface area (Å²) < 4.78 is 5.95. The van der Waals surface area contributed by atoms with Crippen molar-refractivity contribution in [1.29, 1.82) is 0 Å². The molecule has 0 aromatic heterocycles. The van der Waals surface area contributed by atoms with Crippen LogP contribution in [0, 0.1) is 42.5 Å². The van der Waals surface area contributed by atoms with Crippen LogP contribution in [0.1, 0.15) is 92.5 Å². The fraction of sp³-hybridized carbons (Fsp3) is 0.333. The molecule has 0 unspecified atom stereocenters. The van der Waals surface area contributed by atoms with E-state index in [2.05, 4.69) is 155 Å². The van der Waals surface area contributed by atoms with Gasteiger partial charge in [-0.1, -0.05) is 126 Å². The molecular formula is C48H58OSiZr-4. The third-order valence-electron chi connectivity index (χ3n) is 9.90. The monoisotopic (exact) mass is 768 g/mol. The van der Waals surface area contributed by atoms with Crippen LogP contribution in [0.3, 0.4) is 0 Å². The molecule has 6 aromatic rings. The van der Waals surface area contributed by atoms with Crippen LogP contribution in [0.25, 0.3) is 43.8 Å². The Labute approximate surface area is 327 Å². The molecule has 1 aliphatic rings. The maximum absolute atomic E-state index is 5.95. The number of methoxy groups -OCH3 is 1. The molecule has 1 nitrogen and oxygen atoms in total. The van der Waals surface area contributed by atoms with Crippen LogP contribution in [0.15, 0.2) is 78.9 Å². The first kappa shape index (κ1) is 42.4. The Kier molecular flexibility index (Phi) is 13.9. The van der Waals surface area contributed by atoms with Gasteiger partial charge in [0, 0.05) is 0 Å². The quantitative estimate of drug-likeness (QED) is 0.129. The fourth-order valence-corrected chi connectivity index (χ4v) is 7.70. The third-order valence-corrected chi connectivity index (χ3v) is 9.90. The van der Waals surface area contributed by atoms with E-state index in [1.165, 1.54) is 120 Å². The first-order valence-electron chi connectivity index (χ1n) is 17.6. The van der Waals surface area contributed by atoms with Crippen molar-refractivity contribution in [2.45, 2.75) is 99.3 Å². The average Bonchev–Trinajstić information content (AvgIpc) is 3.75. The summed E-state index contributed by atoms with van der Waals surface area (Å²) in [6.07, 6.45) is 3.77. The van der Waals surface area contributed by atoms with E-state index in [4.69, 9.17) is 4.74 Å². The Hall–Kier alpha value is -3.00. The molecule has 1 aliphatic carbocycles. The van der Waals surface area contributed by atoms with Crippen LogP contribution in [0.5, 0.6) is 5.75 Å². The van der Waals surface area contributed by atoms with Crippen molar-refractivity contribution in [3.63, 3.8) is 0 Å². The summed E-state index contributed by atoms with van der Waals surface area (Å²) in [7, 11) is 1.79. The standard InChI is InChI=1S/C23H27O.C23H25.2CH3.Si.Zr/c1-14-8-15(2)11-18(10-14)21-19-12-16(3)9-17(19)13-20(22(21)24-7)23(4,5)6;1-15-12-18-14-17-6-5-7-20(17)22(21(18)13-15)16-8-10-19(11-9-16)23(2,3)4;;;;/h8-13H,1-7H3;8-14H,5-7H2,1-4H3;2*1H3;;/q4*-1;;. The zero-order valence-electron chi connectivity index (χ0n) is 33.5. The van der Waals surface area contributed by atoms with Crippen LogP contribution in [0.4, 0.5) is 0 Å². The van der Waals surface area contributed by atoms with Crippen LogP contribution in [-0.2, 0) is 47.0 Å². The second-order valence-corrected chi connectivity index (χ2v) is 16.1. The summed E-state index contributed by atoms with van der Waals surface area (Å²) in [6, 6.07) is 30.0. The summed E-state index contributed by atoms with van der Waals surface area (Å²) >= 11 is 1.36. The first-order valence-corrected chi connectivity index (χ1v) is 21.8. The van der Waals surface area contributed by atoms with Crippen molar-refractivity contribution in [3.8, 4) is 28.0 Å². The van der Waals surface area contributed by atoms with Crippen LogP contribution < -0.4 is 4.74 Å². The van der Waals surface area contributed by atoms with Crippen molar-refractivity contribution in [2.24, 2.45) is 0 Å². The Balaban J connectivity index is 0.000000253. The summed E-state index contributed by atoms with van der Waals surface area (Å²) in [5.74, 6) is 1.01. The molecule has 3 heteroatoms. The minimum absolute atomic E-state index is 0. The molecule has 0 saturated heterocycles. The predicted molar refractivity (Wildman–Crippen MR) is 223 cm³/mol. The van der Waals surface area contributed by atoms with Gasteiger partial charge in [-0.2, -0.15) is 12.1 Å². The zero-order chi connectivity index (χ0) is 35.8. The SMILES string of the molecule is COc1c(C(C)(C)C)cc2[cH-]c(C)cc2c1-c1cc(C)cc(C)c1.Cc1cc2c(-c3ccc(C(C)(C)C)cc3)c3c(cc2[cH-]1)CCC3.[CH3-].[CH3-].[Si]=[Zr]. The van der Waals surface area contributed by atoms with E-state index >= 15 is 0 Å². The van der Waals surface area contributed by atoms with Gasteiger partial charge in [0.05, 0.1) is 7.11 Å². The third kappa shape index (κ3) is 8.97. The molecule has 6 aromatic carbocycles. The van der Waals surface area contributed by atoms with Gasteiger partial charge in [-0.15, -0.1) is 56.9 Å². The maximum atomic E-state index is 5.95. The van der Waals surface area contributed by atoms with E-state index in [0.717, 1.165) is 5.75 Å². The number of fused-ring (bicyclic) bond motifs is 3. The number of rotatable bonds is 3. The molecule has 0 fully saturated rings. The topological polar surface area (TPSA) is 9.23 Å². The van der Waals surface area contributed by atoms with Crippen LogP contribution in [0.2, 0.25) is 0 Å². The Morgan fingerprint density at radius 2 is 1.16 bits per heavy atom. The molecule has 0 N–H and O–H groups in total. The van der Waals surface area contributed by atoms with E-state index in [1.807, 2.05) is 0 Å². The Bertz CT molecular complexity index is 2090. The number of benzene rings is 4. The second-order valence-electron chi connectivity index (χ2n) is 16.1. The van der Waals surface area contributed by atoms with Gasteiger partial charge >= 0.3 is 30.2 Å². The molecule has 0 aliphatic heterocycles. The van der Waals surface area contributed by atoms with Crippen molar-refractivity contribution in [1.82, 2.24) is 0 Å². The van der Waals surface area contributed by atoms with Crippen molar-refractivity contribution >= 4 is 28.4 Å². The van der Waals surface area contributed by atoms with Crippen molar-refractivity contribution < 1.29 is 28.1 Å². The molecule has 7 rings (SSSR count). The summed E-state index contributed by atoms with van der Waals surface area (Å²) in [5.41, 5.74) is 16.6. The van der Waals surface area contributed by atoms with E-state index in [0.29, 0.717) is 0 Å². The van der Waals surface area contributed by atoms with E-state index in [1.54, 1.807) is 18.2 Å². The molecule has 0 amide bonds. The van der Waals surface area contributed by atoms with E-state index < -0.39 is 0 Å². The van der Waals surface area contributed by atoms with Gasteiger partial charge < -0.3 is 19.6 Å². The van der Waals surface area contributed by atoms with Gasteiger partial charge in [-0.3, -0.25) is 0 Å². The van der Waals surface area contributed by atoms with E-state index in [-0.39, 0.29) is 25.7 Å². The van der Waals surface area contributed by atoms with Gasteiger partial charge in [0.1, 0.15) is 5.75 Å². The number of ether oxygens (including phenoxy) is 1. The van der Waals surface area contributed by atoms with Gasteiger partial charge in [-0.05, 0) is 71.8 Å². The summed E-state index contributed by atoms with van der Waals surface area (Å²) in [6.45, 7) is 25.3. The minimum atomic E-state index is 0. The normalized spacial score (nSPS) is 12.2. The first-order chi connectivity index (χ1) is 23.1. The molecule has 0 spiro atoms. The molecule has 0 atom stereocenters. The molecule has 51 heavy (non-hydrogen) atoms. The Morgan fingerprint density at radius 1 is 0.627 bits per heavy atom. The van der Waals surface area contributed by atoms with Crippen LogP contribution >= 0.6 is 0 Å². The fourth-order valence-electron chi connectivity index (χ4n) is 7.70. The summed E-state index contributed by atoms with van der Waals surface area (Å²) in [4.78, 5) is 0. The van der Waals surface area contributed by atoms with Crippen LogP contribution in [-0.4, -0.2) is 14.0 Å². The van der Waals surface area contributed by atoms with Gasteiger partial charge in [-0.25, -0.2) is 0 Å². The molecule has 0 bridgehead atoms. The van der Waals surface area contributed by atoms with Crippen molar-refractivity contribution in [2.75, 3.05) is 7.11 Å². The van der Waals surface area contributed by atoms with Gasteiger partial charge in [0.15, 0.2) is 0 Å². The summed E-state index contributed by atoms with van der Waals surface area (Å²) in [5, 5.41) is 5.43. The zero-order valence-corrected chi connectivity index (χ0v) is 37.0. The molecule has 268 valence electrons. The predicted octanol–water partition coefficient (Wildman–Crippen LogP) is 13.3. The second kappa shape index (κ2) is 16.8. The molecule has 2 radical (unpaired) electrons. The van der Waals surface area contributed by atoms with Crippen molar-refractivity contribution in [3.05, 3.63) is 138 Å². The number of hydrogen-bond donors (Lipinski definition) is 0. The molecule has 0 heterocycles.